The maximum Gasteiger partial charge on any atom is 0.367 e. The van der Waals surface area contributed by atoms with Gasteiger partial charge in [-0.05, 0) is 99.6 Å². The van der Waals surface area contributed by atoms with E-state index in [2.05, 4.69) is 96.6 Å². The van der Waals surface area contributed by atoms with Gasteiger partial charge in [0.05, 0.1) is 16.3 Å². The summed E-state index contributed by atoms with van der Waals surface area (Å²) in [5.74, 6) is 0.553. The van der Waals surface area contributed by atoms with Gasteiger partial charge in [-0.3, -0.25) is 4.79 Å². The molecule has 4 saturated carbocycles. The van der Waals surface area contributed by atoms with Gasteiger partial charge in [0.25, 0.3) is 0 Å². The Morgan fingerprint density at radius 2 is 1.24 bits per heavy atom. The molecule has 7 rings (SSSR count). The molecule has 41 heavy (non-hydrogen) atoms. The lowest BCUT2D eigenvalue weighted by atomic mass is 9.49. The second kappa shape index (κ2) is 11.9. The van der Waals surface area contributed by atoms with Crippen LogP contribution in [0.25, 0.3) is 0 Å². The number of rotatable bonds is 7. The lowest BCUT2D eigenvalue weighted by Crippen LogP contribution is -2.51. The van der Waals surface area contributed by atoms with Crippen molar-refractivity contribution in [2.45, 2.75) is 65.4 Å². The lowest BCUT2D eigenvalue weighted by Gasteiger charge is -2.55. The molecule has 0 saturated heterocycles. The molecule has 218 valence electrons. The molecule has 0 atom stereocenters. The maximum absolute atomic E-state index is 13.1. The third kappa shape index (κ3) is 6.68. The number of hydrogen-bond acceptors (Lipinski definition) is 5. The summed E-state index contributed by atoms with van der Waals surface area (Å²) in [4.78, 5) is 16.3. The second-order valence-corrected chi connectivity index (χ2v) is 15.1. The normalized spacial score (nSPS) is 25.0. The third-order valence-electron chi connectivity index (χ3n) is 8.42. The minimum atomic E-state index is -5.81. The molecular formula is C32H34F2O5S2. The largest absolute Gasteiger partial charge is 0.743 e. The van der Waals surface area contributed by atoms with Crippen LogP contribution in [0, 0.1) is 30.1 Å². The molecule has 0 heterocycles. The van der Waals surface area contributed by atoms with E-state index in [0.29, 0.717) is 37.0 Å². The van der Waals surface area contributed by atoms with Crippen molar-refractivity contribution in [3.05, 3.63) is 90.5 Å². The average Bonchev–Trinajstić information content (AvgIpc) is 2.93. The summed E-state index contributed by atoms with van der Waals surface area (Å²) < 4.78 is 62.0. The molecule has 3 aromatic carbocycles. The predicted molar refractivity (Wildman–Crippen MR) is 152 cm³/mol. The van der Waals surface area contributed by atoms with Crippen LogP contribution >= 0.6 is 0 Å². The van der Waals surface area contributed by atoms with Crippen LogP contribution in [-0.4, -0.2) is 30.8 Å². The number of aryl methyl sites for hydroxylation is 1. The quantitative estimate of drug-likeness (QED) is 0.166. The van der Waals surface area contributed by atoms with Gasteiger partial charge in [-0.25, -0.2) is 8.42 Å². The number of carbonyl (C=O) groups excluding carboxylic acids is 1. The fourth-order valence-corrected chi connectivity index (χ4v) is 9.22. The highest BCUT2D eigenvalue weighted by molar-refractivity contribution is 7.97. The highest BCUT2D eigenvalue weighted by Crippen LogP contribution is 2.60. The summed E-state index contributed by atoms with van der Waals surface area (Å²) in [5.41, 5.74) is 0.565. The second-order valence-electron chi connectivity index (χ2n) is 11.6. The molecule has 0 aromatic heterocycles. The highest BCUT2D eigenvalue weighted by Gasteiger charge is 2.56. The zero-order chi connectivity index (χ0) is 29.3. The number of halogens is 2. The van der Waals surface area contributed by atoms with Crippen molar-refractivity contribution < 1.29 is 31.3 Å². The van der Waals surface area contributed by atoms with E-state index in [1.165, 1.54) is 20.2 Å². The van der Waals surface area contributed by atoms with Crippen LogP contribution in [-0.2, 0) is 30.5 Å². The van der Waals surface area contributed by atoms with E-state index in [-0.39, 0.29) is 10.9 Å². The van der Waals surface area contributed by atoms with E-state index in [1.807, 2.05) is 0 Å². The summed E-state index contributed by atoms with van der Waals surface area (Å²) in [6, 6.07) is 30.4. The summed E-state index contributed by atoms with van der Waals surface area (Å²) >= 11 is 0. The fraction of sp³-hybridized carbons (Fsp3) is 0.406. The highest BCUT2D eigenvalue weighted by atomic mass is 32.2. The summed E-state index contributed by atoms with van der Waals surface area (Å²) in [6.07, 6.45) is 5.14. The number of carbonyl (C=O) groups is 1. The van der Waals surface area contributed by atoms with Crippen molar-refractivity contribution in [2.24, 2.45) is 23.2 Å². The first-order chi connectivity index (χ1) is 19.5. The van der Waals surface area contributed by atoms with Crippen LogP contribution < -0.4 is 0 Å². The van der Waals surface area contributed by atoms with E-state index < -0.39 is 33.4 Å². The van der Waals surface area contributed by atoms with Gasteiger partial charge in [0, 0.05) is 0 Å². The van der Waals surface area contributed by atoms with E-state index in [9.17, 15) is 26.5 Å². The molecule has 0 N–H and O–H groups in total. The van der Waals surface area contributed by atoms with Gasteiger partial charge in [-0.15, -0.1) is 0 Å². The first kappa shape index (κ1) is 29.7. The van der Waals surface area contributed by atoms with Crippen molar-refractivity contribution in [3.8, 4) is 0 Å². The number of hydrogen-bond donors (Lipinski definition) is 0. The molecule has 4 aliphatic rings. The molecule has 0 aliphatic heterocycles. The molecule has 3 aromatic rings. The van der Waals surface area contributed by atoms with Crippen molar-refractivity contribution in [1.82, 2.24) is 0 Å². The topological polar surface area (TPSA) is 83.5 Å². The molecule has 9 heteroatoms. The molecule has 0 amide bonds. The van der Waals surface area contributed by atoms with Gasteiger partial charge in [0.15, 0.2) is 31.4 Å². The first-order valence-corrected chi connectivity index (χ1v) is 16.5. The van der Waals surface area contributed by atoms with E-state index >= 15 is 0 Å². The van der Waals surface area contributed by atoms with Gasteiger partial charge < -0.3 is 9.29 Å². The first-order valence-electron chi connectivity index (χ1n) is 13.9. The van der Waals surface area contributed by atoms with Crippen LogP contribution in [0.5, 0.6) is 0 Å². The van der Waals surface area contributed by atoms with E-state index in [4.69, 9.17) is 0 Å². The van der Waals surface area contributed by atoms with Gasteiger partial charge in [-0.1, -0.05) is 54.1 Å². The van der Waals surface area contributed by atoms with Crippen LogP contribution in [0.2, 0.25) is 0 Å². The van der Waals surface area contributed by atoms with Gasteiger partial charge in [0.1, 0.15) is 0 Å². The van der Waals surface area contributed by atoms with Crippen molar-refractivity contribution >= 4 is 27.0 Å². The molecule has 4 bridgehead atoms. The third-order valence-corrected chi connectivity index (χ3v) is 11.5. The molecule has 0 radical (unpaired) electrons. The Hall–Kier alpha value is -2.75. The summed E-state index contributed by atoms with van der Waals surface area (Å²) in [7, 11) is -5.84. The summed E-state index contributed by atoms with van der Waals surface area (Å²) in [6.45, 7) is 0.451. The van der Waals surface area contributed by atoms with Crippen molar-refractivity contribution in [3.63, 3.8) is 0 Å². The van der Waals surface area contributed by atoms with Crippen LogP contribution in [0.4, 0.5) is 8.78 Å². The van der Waals surface area contributed by atoms with E-state index in [0.717, 1.165) is 19.3 Å². The zero-order valence-electron chi connectivity index (χ0n) is 22.9. The Balaban J connectivity index is 0.000000165. The Morgan fingerprint density at radius 3 is 1.66 bits per heavy atom. The Labute approximate surface area is 243 Å². The predicted octanol–water partition coefficient (Wildman–Crippen LogP) is 6.97. The molecule has 0 unspecified atom stereocenters. The molecular weight excluding hydrogens is 566 g/mol. The number of ether oxygens (including phenoxy) is 1. The standard InChI is InChI=1S/C19H17S.C13H18F2O5S/c1-16-12-14-19(15-13-16)20(17-8-4-2-5-9-17)18-10-6-3-7-11-18;14-13(15,21(17,18)19)7-20-11(16)12-4-8-1-9(5-12)3-10(2-8)6-12/h2-15H,1H3;8-10H,1-7H2,(H,17,18,19)/q+1;/p-1. The summed E-state index contributed by atoms with van der Waals surface area (Å²) in [5, 5.41) is -4.56. The van der Waals surface area contributed by atoms with Gasteiger partial charge >= 0.3 is 11.2 Å². The lowest BCUT2D eigenvalue weighted by molar-refractivity contribution is -0.176. The maximum atomic E-state index is 13.1. The molecule has 5 nitrogen and oxygen atoms in total. The Morgan fingerprint density at radius 1 is 0.829 bits per heavy atom. The SMILES string of the molecule is Cc1ccc([S+](c2ccccc2)c2ccccc2)cc1.O=C(OCC(F)(F)S(=O)(=O)[O-])C12CC3CC(CC(C3)C1)C2. The fourth-order valence-electron chi connectivity index (χ4n) is 6.93. The number of benzene rings is 3. The zero-order valence-corrected chi connectivity index (χ0v) is 24.5. The number of esters is 1. The van der Waals surface area contributed by atoms with Crippen molar-refractivity contribution in [2.75, 3.05) is 6.61 Å². The average molecular weight is 601 g/mol. The Bertz CT molecular complexity index is 1370. The minimum Gasteiger partial charge on any atom is -0.743 e. The van der Waals surface area contributed by atoms with Crippen LogP contribution in [0.1, 0.15) is 44.1 Å². The number of alkyl halides is 2. The molecule has 4 aliphatic carbocycles. The molecule has 0 spiro atoms. The minimum absolute atomic E-state index is 0.0229. The smallest absolute Gasteiger partial charge is 0.367 e. The van der Waals surface area contributed by atoms with Gasteiger partial charge in [0.2, 0.25) is 0 Å². The molecule has 4 fully saturated rings. The monoisotopic (exact) mass is 600 g/mol. The van der Waals surface area contributed by atoms with Crippen LogP contribution in [0.15, 0.2) is 99.6 Å². The van der Waals surface area contributed by atoms with Gasteiger partial charge in [-0.2, -0.15) is 8.78 Å². The Kier molecular flexibility index (Phi) is 8.60. The van der Waals surface area contributed by atoms with E-state index in [1.54, 1.807) is 0 Å². The van der Waals surface area contributed by atoms with Crippen LogP contribution in [0.3, 0.4) is 0 Å². The van der Waals surface area contributed by atoms with Crippen molar-refractivity contribution in [1.29, 1.82) is 0 Å².